The molecular formula is C9H14N2O3. The largest absolute Gasteiger partial charge is 0.481 e. The van der Waals surface area contributed by atoms with Crippen molar-refractivity contribution in [3.05, 3.63) is 0 Å². The van der Waals surface area contributed by atoms with Crippen molar-refractivity contribution < 1.29 is 14.7 Å². The van der Waals surface area contributed by atoms with Crippen LogP contribution in [0.25, 0.3) is 0 Å². The normalized spacial score (nSPS) is 22.9. The van der Waals surface area contributed by atoms with E-state index in [2.05, 4.69) is 5.32 Å². The van der Waals surface area contributed by atoms with Gasteiger partial charge in [0.2, 0.25) is 5.91 Å². The van der Waals surface area contributed by atoms with Gasteiger partial charge < -0.3 is 10.4 Å². The van der Waals surface area contributed by atoms with Crippen LogP contribution in [0.15, 0.2) is 0 Å². The average molecular weight is 198 g/mol. The molecule has 0 aromatic rings. The third-order valence-electron chi connectivity index (χ3n) is 2.62. The first kappa shape index (κ1) is 9.45. The summed E-state index contributed by atoms with van der Waals surface area (Å²) in [5, 5.41) is 11.5. The second-order valence-corrected chi connectivity index (χ2v) is 4.07. The molecule has 0 radical (unpaired) electrons. The summed E-state index contributed by atoms with van der Waals surface area (Å²) >= 11 is 0. The Hall–Kier alpha value is -1.10. The van der Waals surface area contributed by atoms with Crippen LogP contribution in [0.2, 0.25) is 0 Å². The number of hydrogen-bond acceptors (Lipinski definition) is 3. The standard InChI is InChI=1S/C9H14N2O3/c12-8(10-7-1-2-7)5-11-3-6(4-11)9(13)14/h6-7H,1-5H2,(H,10,12)(H,13,14). The molecule has 0 aromatic carbocycles. The number of carbonyl (C=O) groups is 2. The Bertz CT molecular complexity index is 257. The first-order valence-electron chi connectivity index (χ1n) is 4.89. The molecule has 0 unspecified atom stereocenters. The smallest absolute Gasteiger partial charge is 0.309 e. The van der Waals surface area contributed by atoms with Gasteiger partial charge in [-0.3, -0.25) is 14.5 Å². The van der Waals surface area contributed by atoms with Crippen LogP contribution < -0.4 is 5.32 Å². The molecular weight excluding hydrogens is 184 g/mol. The van der Waals surface area contributed by atoms with Gasteiger partial charge in [-0.15, -0.1) is 0 Å². The van der Waals surface area contributed by atoms with Crippen LogP contribution in [-0.4, -0.2) is 47.6 Å². The zero-order valence-electron chi connectivity index (χ0n) is 7.90. The number of nitrogens with zero attached hydrogens (tertiary/aromatic N) is 1. The summed E-state index contributed by atoms with van der Waals surface area (Å²) in [6.07, 6.45) is 2.17. The van der Waals surface area contributed by atoms with Gasteiger partial charge in [0.05, 0.1) is 12.5 Å². The zero-order chi connectivity index (χ0) is 10.1. The Morgan fingerprint density at radius 3 is 2.50 bits per heavy atom. The molecule has 1 saturated heterocycles. The van der Waals surface area contributed by atoms with Gasteiger partial charge in [0.25, 0.3) is 0 Å². The number of likely N-dealkylation sites (tertiary alicyclic amines) is 1. The Labute approximate surface area is 82.1 Å². The predicted molar refractivity (Wildman–Crippen MR) is 48.7 cm³/mol. The fourth-order valence-corrected chi connectivity index (χ4v) is 1.56. The van der Waals surface area contributed by atoms with Crippen molar-refractivity contribution in [1.82, 2.24) is 10.2 Å². The monoisotopic (exact) mass is 198 g/mol. The minimum absolute atomic E-state index is 0.0244. The Morgan fingerprint density at radius 1 is 1.36 bits per heavy atom. The van der Waals surface area contributed by atoms with Gasteiger partial charge in [-0.05, 0) is 12.8 Å². The number of amides is 1. The number of aliphatic carboxylic acids is 1. The lowest BCUT2D eigenvalue weighted by molar-refractivity contribution is -0.148. The van der Waals surface area contributed by atoms with E-state index >= 15 is 0 Å². The molecule has 0 atom stereocenters. The Balaban J connectivity index is 1.62. The van der Waals surface area contributed by atoms with Gasteiger partial charge in [0.15, 0.2) is 0 Å². The van der Waals surface area contributed by atoms with Crippen LogP contribution in [0.4, 0.5) is 0 Å². The van der Waals surface area contributed by atoms with E-state index < -0.39 is 5.97 Å². The molecule has 1 aliphatic heterocycles. The number of hydrogen-bond donors (Lipinski definition) is 2. The summed E-state index contributed by atoms with van der Waals surface area (Å²) in [5.74, 6) is -1.01. The number of rotatable bonds is 4. The van der Waals surface area contributed by atoms with Crippen molar-refractivity contribution in [2.75, 3.05) is 19.6 Å². The van der Waals surface area contributed by atoms with Crippen LogP contribution in [0.3, 0.4) is 0 Å². The van der Waals surface area contributed by atoms with Crippen molar-refractivity contribution in [1.29, 1.82) is 0 Å². The highest BCUT2D eigenvalue weighted by molar-refractivity contribution is 5.79. The highest BCUT2D eigenvalue weighted by Gasteiger charge is 2.34. The molecule has 2 aliphatic rings. The van der Waals surface area contributed by atoms with E-state index in [-0.39, 0.29) is 11.8 Å². The molecule has 1 amide bonds. The molecule has 2 N–H and O–H groups in total. The minimum Gasteiger partial charge on any atom is -0.481 e. The van der Waals surface area contributed by atoms with E-state index in [1.807, 2.05) is 4.90 Å². The first-order chi connectivity index (χ1) is 6.65. The van der Waals surface area contributed by atoms with Crippen molar-refractivity contribution in [3.8, 4) is 0 Å². The summed E-state index contributed by atoms with van der Waals surface area (Å²) in [6.45, 7) is 1.36. The quantitative estimate of drug-likeness (QED) is 0.625. The van der Waals surface area contributed by atoms with Crippen molar-refractivity contribution in [3.63, 3.8) is 0 Å². The molecule has 5 heteroatoms. The van der Waals surface area contributed by atoms with Crippen LogP contribution in [-0.2, 0) is 9.59 Å². The van der Waals surface area contributed by atoms with E-state index in [1.54, 1.807) is 0 Å². The third-order valence-corrected chi connectivity index (χ3v) is 2.62. The highest BCUT2D eigenvalue weighted by atomic mass is 16.4. The topological polar surface area (TPSA) is 69.6 Å². The molecule has 0 aromatic heterocycles. The number of carboxylic acid groups (broad SMARTS) is 1. The summed E-state index contributed by atoms with van der Waals surface area (Å²) in [7, 11) is 0. The van der Waals surface area contributed by atoms with Crippen molar-refractivity contribution in [2.24, 2.45) is 5.92 Å². The number of nitrogens with one attached hydrogen (secondary N) is 1. The minimum atomic E-state index is -0.760. The van der Waals surface area contributed by atoms with E-state index in [4.69, 9.17) is 5.11 Å². The molecule has 2 rings (SSSR count). The number of carbonyl (C=O) groups excluding carboxylic acids is 1. The molecule has 1 saturated carbocycles. The van der Waals surface area contributed by atoms with E-state index in [0.29, 0.717) is 25.7 Å². The zero-order valence-corrected chi connectivity index (χ0v) is 7.90. The fraction of sp³-hybridized carbons (Fsp3) is 0.778. The summed E-state index contributed by atoms with van der Waals surface area (Å²) < 4.78 is 0. The summed E-state index contributed by atoms with van der Waals surface area (Å²) in [6, 6.07) is 0.388. The lowest BCUT2D eigenvalue weighted by atomic mass is 10.0. The molecule has 78 valence electrons. The second kappa shape index (κ2) is 3.57. The third kappa shape index (κ3) is 2.23. The lowest BCUT2D eigenvalue weighted by Crippen LogP contribution is -2.53. The van der Waals surface area contributed by atoms with E-state index in [1.165, 1.54) is 0 Å². The van der Waals surface area contributed by atoms with Gasteiger partial charge >= 0.3 is 5.97 Å². The van der Waals surface area contributed by atoms with E-state index in [0.717, 1.165) is 12.8 Å². The molecule has 1 heterocycles. The molecule has 0 spiro atoms. The maximum absolute atomic E-state index is 11.3. The van der Waals surface area contributed by atoms with Gasteiger partial charge in [-0.2, -0.15) is 0 Å². The Kier molecular flexibility index (Phi) is 2.41. The van der Waals surface area contributed by atoms with Gasteiger partial charge in [-0.1, -0.05) is 0 Å². The molecule has 5 nitrogen and oxygen atoms in total. The highest BCUT2D eigenvalue weighted by Crippen LogP contribution is 2.19. The Morgan fingerprint density at radius 2 is 2.00 bits per heavy atom. The van der Waals surface area contributed by atoms with Crippen molar-refractivity contribution in [2.45, 2.75) is 18.9 Å². The van der Waals surface area contributed by atoms with Gasteiger partial charge in [0, 0.05) is 19.1 Å². The molecule has 0 bridgehead atoms. The molecule has 2 fully saturated rings. The predicted octanol–water partition coefficient (Wildman–Crippen LogP) is -0.719. The average Bonchev–Trinajstić information content (AvgIpc) is 2.78. The molecule has 14 heavy (non-hydrogen) atoms. The van der Waals surface area contributed by atoms with Crippen LogP contribution >= 0.6 is 0 Å². The first-order valence-corrected chi connectivity index (χ1v) is 4.89. The summed E-state index contributed by atoms with van der Waals surface area (Å²) in [5.41, 5.74) is 0. The van der Waals surface area contributed by atoms with Gasteiger partial charge in [-0.25, -0.2) is 0 Å². The van der Waals surface area contributed by atoms with Crippen LogP contribution in [0.5, 0.6) is 0 Å². The molecule has 1 aliphatic carbocycles. The summed E-state index contributed by atoms with van der Waals surface area (Å²) in [4.78, 5) is 23.6. The van der Waals surface area contributed by atoms with Crippen LogP contribution in [0, 0.1) is 5.92 Å². The number of carboxylic acids is 1. The van der Waals surface area contributed by atoms with Gasteiger partial charge in [0.1, 0.15) is 0 Å². The maximum Gasteiger partial charge on any atom is 0.309 e. The van der Waals surface area contributed by atoms with Crippen LogP contribution in [0.1, 0.15) is 12.8 Å². The van der Waals surface area contributed by atoms with Crippen molar-refractivity contribution >= 4 is 11.9 Å². The fourth-order valence-electron chi connectivity index (χ4n) is 1.56. The maximum atomic E-state index is 11.3. The second-order valence-electron chi connectivity index (χ2n) is 4.07. The SMILES string of the molecule is O=C(CN1CC(C(=O)O)C1)NC1CC1. The van der Waals surface area contributed by atoms with E-state index in [9.17, 15) is 9.59 Å². The lowest BCUT2D eigenvalue weighted by Gasteiger charge is -2.35.